The molecule has 26 heavy (non-hydrogen) atoms. The average molecular weight is 403 g/mol. The van der Waals surface area contributed by atoms with E-state index in [2.05, 4.69) is 43.0 Å². The molecule has 0 bridgehead atoms. The largest absolute Gasteiger partial charge is 0.434 e. The van der Waals surface area contributed by atoms with Crippen LogP contribution in [0.15, 0.2) is 27.9 Å². The molecule has 142 valence electrons. The number of piperidine rings is 1. The molecule has 0 radical (unpaired) electrons. The number of nitrogens with zero attached hydrogens (tertiary/aromatic N) is 3. The minimum absolute atomic E-state index is 0.217. The Kier molecular flexibility index (Phi) is 6.02. The van der Waals surface area contributed by atoms with Crippen molar-refractivity contribution in [2.45, 2.75) is 31.6 Å². The van der Waals surface area contributed by atoms with Gasteiger partial charge in [0.2, 0.25) is 0 Å². The van der Waals surface area contributed by atoms with E-state index in [1.54, 1.807) is 18.4 Å². The van der Waals surface area contributed by atoms with Gasteiger partial charge < -0.3 is 15.5 Å². The van der Waals surface area contributed by atoms with Crippen molar-refractivity contribution in [2.75, 3.05) is 25.0 Å². The molecule has 3 heterocycles. The zero-order valence-electron chi connectivity index (χ0n) is 14.2. The summed E-state index contributed by atoms with van der Waals surface area (Å²) in [6.07, 6.45) is -2.44. The number of rotatable bonds is 4. The maximum atomic E-state index is 12.6. The lowest BCUT2D eigenvalue weighted by Crippen LogP contribution is -2.48. The second kappa shape index (κ2) is 8.26. The molecule has 0 unspecified atom stereocenters. The molecule has 1 aliphatic heterocycles. The van der Waals surface area contributed by atoms with E-state index in [0.29, 0.717) is 17.0 Å². The first-order valence-corrected chi connectivity index (χ1v) is 9.99. The number of hydrogen-bond acceptors (Lipinski definition) is 5. The lowest BCUT2D eigenvalue weighted by Gasteiger charge is -2.33. The predicted octanol–water partition coefficient (Wildman–Crippen LogP) is 3.56. The molecule has 5 nitrogen and oxygen atoms in total. The van der Waals surface area contributed by atoms with Crippen molar-refractivity contribution >= 4 is 33.6 Å². The van der Waals surface area contributed by atoms with Crippen LogP contribution in [0, 0.1) is 0 Å². The van der Waals surface area contributed by atoms with Gasteiger partial charge in [-0.2, -0.15) is 13.2 Å². The molecule has 1 aliphatic rings. The Morgan fingerprint density at radius 3 is 2.69 bits per heavy atom. The van der Waals surface area contributed by atoms with Crippen LogP contribution in [-0.4, -0.2) is 37.1 Å². The van der Waals surface area contributed by atoms with E-state index in [1.165, 1.54) is 5.00 Å². The van der Waals surface area contributed by atoms with Crippen LogP contribution in [0.2, 0.25) is 0 Å². The summed E-state index contributed by atoms with van der Waals surface area (Å²) in [4.78, 5) is 10.1. The number of thiazole rings is 1. The summed E-state index contributed by atoms with van der Waals surface area (Å²) >= 11 is 2.73. The fourth-order valence-corrected chi connectivity index (χ4v) is 4.29. The van der Waals surface area contributed by atoms with E-state index in [1.807, 2.05) is 0 Å². The van der Waals surface area contributed by atoms with E-state index in [0.717, 1.165) is 42.6 Å². The van der Waals surface area contributed by atoms with Gasteiger partial charge in [0.25, 0.3) is 0 Å². The van der Waals surface area contributed by atoms with E-state index >= 15 is 0 Å². The Morgan fingerprint density at radius 1 is 1.35 bits per heavy atom. The monoisotopic (exact) mass is 403 g/mol. The van der Waals surface area contributed by atoms with Crippen molar-refractivity contribution in [3.8, 4) is 0 Å². The molecule has 0 saturated carbocycles. The molecule has 10 heteroatoms. The van der Waals surface area contributed by atoms with Crippen molar-refractivity contribution < 1.29 is 13.2 Å². The van der Waals surface area contributed by atoms with Crippen LogP contribution < -0.4 is 15.5 Å². The first kappa shape index (κ1) is 19.0. The fourth-order valence-electron chi connectivity index (χ4n) is 2.76. The average Bonchev–Trinajstić information content (AvgIpc) is 3.30. The molecular formula is C16H20F3N5S2. The molecule has 0 aliphatic carbocycles. The van der Waals surface area contributed by atoms with Gasteiger partial charge in [0, 0.05) is 31.6 Å². The van der Waals surface area contributed by atoms with E-state index in [-0.39, 0.29) is 6.54 Å². The number of guanidine groups is 1. The number of alkyl halides is 3. The maximum Gasteiger partial charge on any atom is 0.434 e. The summed E-state index contributed by atoms with van der Waals surface area (Å²) in [6, 6.07) is 4.47. The zero-order chi connectivity index (χ0) is 18.6. The lowest BCUT2D eigenvalue weighted by molar-refractivity contribution is -0.140. The first-order valence-electron chi connectivity index (χ1n) is 8.23. The molecule has 0 atom stereocenters. The summed E-state index contributed by atoms with van der Waals surface area (Å²) in [7, 11) is 1.65. The van der Waals surface area contributed by atoms with Crippen LogP contribution in [0.5, 0.6) is 0 Å². The Hall–Kier alpha value is -1.81. The third kappa shape index (κ3) is 4.88. The second-order valence-corrected chi connectivity index (χ2v) is 7.78. The van der Waals surface area contributed by atoms with Gasteiger partial charge in [0.15, 0.2) is 11.7 Å². The van der Waals surface area contributed by atoms with Gasteiger partial charge in [0.05, 0.1) is 11.5 Å². The summed E-state index contributed by atoms with van der Waals surface area (Å²) in [5.74, 6) is 0.586. The molecule has 2 N–H and O–H groups in total. The molecule has 1 saturated heterocycles. The maximum absolute atomic E-state index is 12.6. The highest BCUT2D eigenvalue weighted by atomic mass is 32.1. The highest BCUT2D eigenvalue weighted by Gasteiger charge is 2.33. The van der Waals surface area contributed by atoms with Crippen LogP contribution in [-0.2, 0) is 12.7 Å². The Morgan fingerprint density at radius 2 is 2.12 bits per heavy atom. The van der Waals surface area contributed by atoms with Gasteiger partial charge in [0.1, 0.15) is 5.01 Å². The van der Waals surface area contributed by atoms with Gasteiger partial charge in [-0.1, -0.05) is 0 Å². The topological polar surface area (TPSA) is 52.6 Å². The zero-order valence-corrected chi connectivity index (χ0v) is 15.8. The fraction of sp³-hybridized carbons (Fsp3) is 0.500. The standard InChI is InChI=1S/C16H20F3N5S2/c1-20-15(21-9-13-23-12(10-26-13)16(17,18)19)22-11-4-6-24(7-5-11)14-3-2-8-25-14/h2-3,8,10-11H,4-7,9H2,1H3,(H2,20,21,22). The second-order valence-electron chi connectivity index (χ2n) is 5.91. The number of anilines is 1. The summed E-state index contributed by atoms with van der Waals surface area (Å²) < 4.78 is 37.8. The van der Waals surface area contributed by atoms with Crippen molar-refractivity contribution in [1.29, 1.82) is 0 Å². The number of aliphatic imine (C=N–C) groups is 1. The number of hydrogen-bond donors (Lipinski definition) is 2. The summed E-state index contributed by atoms with van der Waals surface area (Å²) in [6.45, 7) is 2.15. The van der Waals surface area contributed by atoms with Gasteiger partial charge >= 0.3 is 6.18 Å². The van der Waals surface area contributed by atoms with Crippen LogP contribution in [0.3, 0.4) is 0 Å². The molecule has 0 amide bonds. The lowest BCUT2D eigenvalue weighted by atomic mass is 10.1. The minimum atomic E-state index is -4.40. The molecule has 2 aromatic rings. The molecule has 3 rings (SSSR count). The van der Waals surface area contributed by atoms with Crippen LogP contribution in [0.1, 0.15) is 23.5 Å². The third-order valence-electron chi connectivity index (χ3n) is 4.13. The van der Waals surface area contributed by atoms with Crippen molar-refractivity contribution in [1.82, 2.24) is 15.6 Å². The highest BCUT2D eigenvalue weighted by molar-refractivity contribution is 7.14. The van der Waals surface area contributed by atoms with Crippen LogP contribution >= 0.6 is 22.7 Å². The van der Waals surface area contributed by atoms with Crippen molar-refractivity contribution in [2.24, 2.45) is 4.99 Å². The Balaban J connectivity index is 1.46. The minimum Gasteiger partial charge on any atom is -0.363 e. The number of nitrogens with one attached hydrogen (secondary N) is 2. The van der Waals surface area contributed by atoms with Gasteiger partial charge in [-0.3, -0.25) is 4.99 Å². The predicted molar refractivity (Wildman–Crippen MR) is 100 cm³/mol. The Labute approximate surface area is 158 Å². The first-order chi connectivity index (χ1) is 12.5. The van der Waals surface area contributed by atoms with E-state index < -0.39 is 11.9 Å². The molecular weight excluding hydrogens is 383 g/mol. The third-order valence-corrected chi connectivity index (χ3v) is 5.90. The van der Waals surface area contributed by atoms with Gasteiger partial charge in [-0.05, 0) is 30.4 Å². The SMILES string of the molecule is CN=C(NCc1nc(C(F)(F)F)cs1)NC1CCN(c2cccs2)CC1. The summed E-state index contributed by atoms with van der Waals surface area (Å²) in [5, 5.41) is 11.2. The van der Waals surface area contributed by atoms with E-state index in [4.69, 9.17) is 0 Å². The van der Waals surface area contributed by atoms with Crippen LogP contribution in [0.25, 0.3) is 0 Å². The smallest absolute Gasteiger partial charge is 0.363 e. The molecule has 1 fully saturated rings. The molecule has 0 aromatic carbocycles. The number of halogens is 3. The normalized spacial score (nSPS) is 16.8. The summed E-state index contributed by atoms with van der Waals surface area (Å²) in [5.41, 5.74) is -0.844. The Bertz CT molecular complexity index is 719. The molecule has 2 aromatic heterocycles. The number of aromatic nitrogens is 1. The molecule has 0 spiro atoms. The highest BCUT2D eigenvalue weighted by Crippen LogP contribution is 2.30. The van der Waals surface area contributed by atoms with Crippen molar-refractivity contribution in [3.63, 3.8) is 0 Å². The van der Waals surface area contributed by atoms with Crippen molar-refractivity contribution in [3.05, 3.63) is 33.6 Å². The van der Waals surface area contributed by atoms with Gasteiger partial charge in [-0.25, -0.2) is 4.98 Å². The quantitative estimate of drug-likeness (QED) is 0.606. The van der Waals surface area contributed by atoms with Crippen LogP contribution in [0.4, 0.5) is 18.2 Å². The van der Waals surface area contributed by atoms with Gasteiger partial charge in [-0.15, -0.1) is 22.7 Å². The van der Waals surface area contributed by atoms with E-state index in [9.17, 15) is 13.2 Å². The number of thiophene rings is 1.